The van der Waals surface area contributed by atoms with Crippen molar-refractivity contribution in [2.24, 2.45) is 0 Å². The first-order valence-corrected chi connectivity index (χ1v) is 6.00. The third-order valence-electron chi connectivity index (χ3n) is 2.37. The summed E-state index contributed by atoms with van der Waals surface area (Å²) in [6.07, 6.45) is -3.68. The Labute approximate surface area is 113 Å². The standard InChI is InChI=1S/C12H13ClF3NO2/c13-8-4-5-10(9(7-8)12(14,15)16)17-11(19)3-1-2-6-18/h4-5,7,18H,1-3,6H2,(H,17,19). The zero-order valence-electron chi connectivity index (χ0n) is 9.93. The molecule has 0 atom stereocenters. The monoisotopic (exact) mass is 295 g/mol. The van der Waals surface area contributed by atoms with Gasteiger partial charge in [0.1, 0.15) is 0 Å². The van der Waals surface area contributed by atoms with Gasteiger partial charge in [0, 0.05) is 18.1 Å². The van der Waals surface area contributed by atoms with Crippen molar-refractivity contribution in [3.63, 3.8) is 0 Å². The minimum atomic E-state index is -4.58. The van der Waals surface area contributed by atoms with Gasteiger partial charge in [-0.1, -0.05) is 11.6 Å². The second-order valence-corrected chi connectivity index (χ2v) is 4.35. The largest absolute Gasteiger partial charge is 0.418 e. The molecule has 106 valence electrons. The van der Waals surface area contributed by atoms with Gasteiger partial charge >= 0.3 is 6.18 Å². The summed E-state index contributed by atoms with van der Waals surface area (Å²) in [7, 11) is 0. The lowest BCUT2D eigenvalue weighted by Crippen LogP contribution is -2.16. The summed E-state index contributed by atoms with van der Waals surface area (Å²) in [6, 6.07) is 3.17. The second kappa shape index (κ2) is 6.77. The fourth-order valence-corrected chi connectivity index (χ4v) is 1.64. The van der Waals surface area contributed by atoms with Crippen molar-refractivity contribution >= 4 is 23.2 Å². The molecule has 0 aliphatic heterocycles. The third kappa shape index (κ3) is 5.08. The fraction of sp³-hybridized carbons (Fsp3) is 0.417. The maximum Gasteiger partial charge on any atom is 0.418 e. The van der Waals surface area contributed by atoms with Crippen LogP contribution in [0.5, 0.6) is 0 Å². The molecular weight excluding hydrogens is 283 g/mol. The van der Waals surface area contributed by atoms with Gasteiger partial charge in [-0.05, 0) is 31.0 Å². The number of amides is 1. The van der Waals surface area contributed by atoms with Crippen molar-refractivity contribution in [1.29, 1.82) is 0 Å². The smallest absolute Gasteiger partial charge is 0.396 e. The fourth-order valence-electron chi connectivity index (χ4n) is 1.47. The number of nitrogens with one attached hydrogen (secondary N) is 1. The van der Waals surface area contributed by atoms with E-state index in [2.05, 4.69) is 5.32 Å². The van der Waals surface area contributed by atoms with Gasteiger partial charge in [-0.2, -0.15) is 13.2 Å². The molecule has 1 aromatic carbocycles. The number of carbonyl (C=O) groups excluding carboxylic acids is 1. The molecular formula is C12H13ClF3NO2. The molecule has 0 heterocycles. The van der Waals surface area contributed by atoms with Gasteiger partial charge in [-0.15, -0.1) is 0 Å². The molecule has 19 heavy (non-hydrogen) atoms. The number of aliphatic hydroxyl groups excluding tert-OH is 1. The number of hydrogen-bond donors (Lipinski definition) is 2. The maximum absolute atomic E-state index is 12.7. The van der Waals surface area contributed by atoms with E-state index in [1.165, 1.54) is 6.07 Å². The van der Waals surface area contributed by atoms with E-state index in [0.717, 1.165) is 12.1 Å². The van der Waals surface area contributed by atoms with Gasteiger partial charge in [0.05, 0.1) is 11.3 Å². The van der Waals surface area contributed by atoms with E-state index in [0.29, 0.717) is 12.8 Å². The van der Waals surface area contributed by atoms with Gasteiger partial charge in [-0.25, -0.2) is 0 Å². The molecule has 1 rings (SSSR count). The molecule has 0 fully saturated rings. The molecule has 1 aromatic rings. The predicted molar refractivity (Wildman–Crippen MR) is 66.0 cm³/mol. The van der Waals surface area contributed by atoms with Crippen LogP contribution >= 0.6 is 11.6 Å². The summed E-state index contributed by atoms with van der Waals surface area (Å²) in [5.74, 6) is -0.527. The number of anilines is 1. The molecule has 0 aliphatic carbocycles. The highest BCUT2D eigenvalue weighted by molar-refractivity contribution is 6.30. The van der Waals surface area contributed by atoms with Crippen LogP contribution in [-0.4, -0.2) is 17.6 Å². The number of aliphatic hydroxyl groups is 1. The highest BCUT2D eigenvalue weighted by atomic mass is 35.5. The van der Waals surface area contributed by atoms with Crippen LogP contribution in [0, 0.1) is 0 Å². The van der Waals surface area contributed by atoms with Crippen LogP contribution in [0.3, 0.4) is 0 Å². The van der Waals surface area contributed by atoms with Crippen molar-refractivity contribution in [3.8, 4) is 0 Å². The van der Waals surface area contributed by atoms with Crippen molar-refractivity contribution < 1.29 is 23.1 Å². The molecule has 0 bridgehead atoms. The average molecular weight is 296 g/mol. The summed E-state index contributed by atoms with van der Waals surface area (Å²) in [5, 5.41) is 10.7. The van der Waals surface area contributed by atoms with Crippen LogP contribution in [0.4, 0.5) is 18.9 Å². The number of hydrogen-bond acceptors (Lipinski definition) is 2. The average Bonchev–Trinajstić information content (AvgIpc) is 2.30. The Kier molecular flexibility index (Phi) is 5.62. The number of carbonyl (C=O) groups is 1. The lowest BCUT2D eigenvalue weighted by atomic mass is 10.1. The van der Waals surface area contributed by atoms with Crippen molar-refractivity contribution in [1.82, 2.24) is 0 Å². The van der Waals surface area contributed by atoms with Crippen LogP contribution in [0.25, 0.3) is 0 Å². The molecule has 0 saturated carbocycles. The van der Waals surface area contributed by atoms with Crippen LogP contribution in [0.2, 0.25) is 5.02 Å². The molecule has 0 radical (unpaired) electrons. The van der Waals surface area contributed by atoms with Crippen molar-refractivity contribution in [2.45, 2.75) is 25.4 Å². The first-order valence-electron chi connectivity index (χ1n) is 5.62. The number of rotatable bonds is 5. The van der Waals surface area contributed by atoms with Gasteiger partial charge in [0.25, 0.3) is 0 Å². The first-order chi connectivity index (χ1) is 8.84. The summed E-state index contributed by atoms with van der Waals surface area (Å²) >= 11 is 5.52. The molecule has 0 aliphatic rings. The van der Waals surface area contributed by atoms with Crippen LogP contribution < -0.4 is 5.32 Å². The summed E-state index contributed by atoms with van der Waals surface area (Å²) in [6.45, 7) is -0.0535. The molecule has 3 nitrogen and oxygen atoms in total. The van der Waals surface area contributed by atoms with Gasteiger partial charge in [-0.3, -0.25) is 4.79 Å². The lowest BCUT2D eigenvalue weighted by Gasteiger charge is -2.14. The minimum Gasteiger partial charge on any atom is -0.396 e. The topological polar surface area (TPSA) is 49.3 Å². The Morgan fingerprint density at radius 1 is 1.32 bits per heavy atom. The zero-order chi connectivity index (χ0) is 14.5. The molecule has 1 amide bonds. The van der Waals surface area contributed by atoms with Crippen LogP contribution in [0.15, 0.2) is 18.2 Å². The summed E-state index contributed by atoms with van der Waals surface area (Å²) in [5.41, 5.74) is -1.29. The van der Waals surface area contributed by atoms with E-state index in [4.69, 9.17) is 16.7 Å². The lowest BCUT2D eigenvalue weighted by molar-refractivity contribution is -0.137. The van der Waals surface area contributed by atoms with Gasteiger partial charge in [0.2, 0.25) is 5.91 Å². The second-order valence-electron chi connectivity index (χ2n) is 3.92. The summed E-state index contributed by atoms with van der Waals surface area (Å²) in [4.78, 5) is 11.5. The normalized spacial score (nSPS) is 11.4. The van der Waals surface area contributed by atoms with Gasteiger partial charge in [0.15, 0.2) is 0 Å². The first kappa shape index (κ1) is 15.8. The van der Waals surface area contributed by atoms with Crippen molar-refractivity contribution in [3.05, 3.63) is 28.8 Å². The Hall–Kier alpha value is -1.27. The molecule has 0 unspecified atom stereocenters. The molecule has 0 spiro atoms. The van der Waals surface area contributed by atoms with E-state index in [-0.39, 0.29) is 23.7 Å². The number of alkyl halides is 3. The Bertz CT molecular complexity index is 449. The Morgan fingerprint density at radius 3 is 2.58 bits per heavy atom. The highest BCUT2D eigenvalue weighted by Gasteiger charge is 2.34. The van der Waals surface area contributed by atoms with E-state index < -0.39 is 17.6 Å². The molecule has 0 saturated heterocycles. The third-order valence-corrected chi connectivity index (χ3v) is 2.61. The quantitative estimate of drug-likeness (QED) is 0.817. The highest BCUT2D eigenvalue weighted by Crippen LogP contribution is 2.36. The van der Waals surface area contributed by atoms with Gasteiger partial charge < -0.3 is 10.4 Å². The molecule has 0 aromatic heterocycles. The predicted octanol–water partition coefficient (Wildman–Crippen LogP) is 3.46. The van der Waals surface area contributed by atoms with E-state index >= 15 is 0 Å². The van der Waals surface area contributed by atoms with E-state index in [9.17, 15) is 18.0 Å². The molecule has 7 heteroatoms. The number of halogens is 4. The SMILES string of the molecule is O=C(CCCCO)Nc1ccc(Cl)cc1C(F)(F)F. The van der Waals surface area contributed by atoms with E-state index in [1.54, 1.807) is 0 Å². The van der Waals surface area contributed by atoms with Crippen LogP contribution in [0.1, 0.15) is 24.8 Å². The van der Waals surface area contributed by atoms with E-state index in [1.807, 2.05) is 0 Å². The number of unbranched alkanes of at least 4 members (excludes halogenated alkanes) is 1. The van der Waals surface area contributed by atoms with Crippen LogP contribution in [-0.2, 0) is 11.0 Å². The zero-order valence-corrected chi connectivity index (χ0v) is 10.7. The summed E-state index contributed by atoms with van der Waals surface area (Å²) < 4.78 is 38.2. The minimum absolute atomic E-state index is 0.0504. The molecule has 2 N–H and O–H groups in total. The maximum atomic E-state index is 12.7. The number of benzene rings is 1. The Morgan fingerprint density at radius 2 is 2.00 bits per heavy atom. The van der Waals surface area contributed by atoms with Crippen molar-refractivity contribution in [2.75, 3.05) is 11.9 Å². The Balaban J connectivity index is 2.80.